The van der Waals surface area contributed by atoms with Crippen LogP contribution in [0.4, 0.5) is 5.69 Å². The summed E-state index contributed by atoms with van der Waals surface area (Å²) in [7, 11) is 0. The molecule has 2 aromatic carbocycles. The largest absolute Gasteiger partial charge is 0.436 e. The second-order valence-electron chi connectivity index (χ2n) is 6.24. The van der Waals surface area contributed by atoms with Gasteiger partial charge in [-0.05, 0) is 71.6 Å². The minimum Gasteiger partial charge on any atom is -0.436 e. The van der Waals surface area contributed by atoms with Crippen molar-refractivity contribution in [1.82, 2.24) is 4.98 Å². The van der Waals surface area contributed by atoms with E-state index in [1.807, 2.05) is 6.07 Å². The summed E-state index contributed by atoms with van der Waals surface area (Å²) < 4.78 is 7.02. The highest BCUT2D eigenvalue weighted by Gasteiger charge is 2.13. The van der Waals surface area contributed by atoms with Crippen LogP contribution in [0.5, 0.6) is 0 Å². The minimum absolute atomic E-state index is 0.483. The van der Waals surface area contributed by atoms with Crippen LogP contribution < -0.4 is 4.90 Å². The number of anilines is 1. The van der Waals surface area contributed by atoms with Crippen LogP contribution in [0.1, 0.15) is 39.2 Å². The van der Waals surface area contributed by atoms with Crippen molar-refractivity contribution in [2.45, 2.75) is 33.6 Å². The molecule has 0 aliphatic heterocycles. The Morgan fingerprint density at radius 1 is 1.08 bits per heavy atom. The Bertz CT molecular complexity index is 850. The first-order chi connectivity index (χ1) is 11.5. The van der Waals surface area contributed by atoms with Gasteiger partial charge in [0.15, 0.2) is 5.58 Å². The van der Waals surface area contributed by atoms with E-state index < -0.39 is 0 Å². The van der Waals surface area contributed by atoms with Gasteiger partial charge in [0.25, 0.3) is 0 Å². The first-order valence-corrected chi connectivity index (χ1v) is 9.28. The molecule has 0 spiro atoms. The fourth-order valence-corrected chi connectivity index (χ4v) is 3.52. The molecule has 126 valence electrons. The molecule has 1 heterocycles. The summed E-state index contributed by atoms with van der Waals surface area (Å²) in [6.45, 7) is 10.7. The van der Waals surface area contributed by atoms with E-state index in [2.05, 4.69) is 83.8 Å². The number of hydrogen-bond acceptors (Lipinski definition) is 3. The Morgan fingerprint density at radius 2 is 1.83 bits per heavy atom. The van der Waals surface area contributed by atoms with Gasteiger partial charge in [-0.2, -0.15) is 0 Å². The Balaban J connectivity index is 1.99. The average Bonchev–Trinajstić information content (AvgIpc) is 3.00. The van der Waals surface area contributed by atoms with Gasteiger partial charge in [-0.1, -0.05) is 19.9 Å². The summed E-state index contributed by atoms with van der Waals surface area (Å²) in [4.78, 5) is 7.00. The maximum atomic E-state index is 5.95. The van der Waals surface area contributed by atoms with E-state index in [9.17, 15) is 0 Å². The first-order valence-electron chi connectivity index (χ1n) is 8.48. The standard InChI is InChI=1S/C20H23BrN2O/c1-5-23(6-2)18-9-7-15(11-16(18)21)20-22-17-12-14(13(3)4)8-10-19(17)24-20/h7-13H,5-6H2,1-4H3. The summed E-state index contributed by atoms with van der Waals surface area (Å²) >= 11 is 3.69. The van der Waals surface area contributed by atoms with Crippen LogP contribution in [0, 0.1) is 0 Å². The van der Waals surface area contributed by atoms with Crippen LogP contribution in [0.2, 0.25) is 0 Å². The van der Waals surface area contributed by atoms with Gasteiger partial charge in [-0.3, -0.25) is 0 Å². The lowest BCUT2D eigenvalue weighted by atomic mass is 10.0. The van der Waals surface area contributed by atoms with E-state index in [4.69, 9.17) is 4.42 Å². The quantitative estimate of drug-likeness (QED) is 0.520. The molecule has 0 saturated heterocycles. The number of oxazole rings is 1. The molecule has 3 nitrogen and oxygen atoms in total. The summed E-state index contributed by atoms with van der Waals surface area (Å²) in [5.74, 6) is 1.15. The van der Waals surface area contributed by atoms with Crippen LogP contribution in [0.3, 0.4) is 0 Å². The second-order valence-corrected chi connectivity index (χ2v) is 7.09. The third-order valence-electron chi connectivity index (χ3n) is 4.38. The lowest BCUT2D eigenvalue weighted by Gasteiger charge is -2.22. The van der Waals surface area contributed by atoms with Gasteiger partial charge in [0.05, 0.1) is 5.69 Å². The fraction of sp³-hybridized carbons (Fsp3) is 0.350. The van der Waals surface area contributed by atoms with Gasteiger partial charge >= 0.3 is 0 Å². The van der Waals surface area contributed by atoms with Gasteiger partial charge in [-0.25, -0.2) is 4.98 Å². The normalized spacial score (nSPS) is 11.4. The summed E-state index contributed by atoms with van der Waals surface area (Å²) in [5.41, 5.74) is 5.21. The summed E-state index contributed by atoms with van der Waals surface area (Å²) in [6, 6.07) is 12.5. The number of halogens is 1. The molecule has 4 heteroatoms. The molecular weight excluding hydrogens is 364 g/mol. The van der Waals surface area contributed by atoms with E-state index in [0.717, 1.165) is 34.2 Å². The molecule has 0 aliphatic rings. The van der Waals surface area contributed by atoms with Crippen LogP contribution in [-0.4, -0.2) is 18.1 Å². The average molecular weight is 387 g/mol. The maximum Gasteiger partial charge on any atom is 0.227 e. The third-order valence-corrected chi connectivity index (χ3v) is 5.01. The Hall–Kier alpha value is -1.81. The fourth-order valence-electron chi connectivity index (χ4n) is 2.89. The highest BCUT2D eigenvalue weighted by Crippen LogP contribution is 2.33. The molecule has 0 unspecified atom stereocenters. The topological polar surface area (TPSA) is 29.3 Å². The zero-order chi connectivity index (χ0) is 17.3. The van der Waals surface area contributed by atoms with Crippen molar-refractivity contribution < 1.29 is 4.42 Å². The summed E-state index contributed by atoms with van der Waals surface area (Å²) in [6.07, 6.45) is 0. The Labute approximate surface area is 151 Å². The van der Waals surface area contributed by atoms with Gasteiger partial charge < -0.3 is 9.32 Å². The highest BCUT2D eigenvalue weighted by molar-refractivity contribution is 9.10. The SMILES string of the molecule is CCN(CC)c1ccc(-c2nc3cc(C(C)C)ccc3o2)cc1Br. The van der Waals surface area contributed by atoms with Crippen molar-refractivity contribution in [2.75, 3.05) is 18.0 Å². The molecule has 1 aromatic heterocycles. The predicted octanol–water partition coefficient (Wildman–Crippen LogP) is 6.23. The Morgan fingerprint density at radius 3 is 2.46 bits per heavy atom. The van der Waals surface area contributed by atoms with Crippen LogP contribution in [0.15, 0.2) is 45.3 Å². The van der Waals surface area contributed by atoms with E-state index in [1.165, 1.54) is 11.3 Å². The van der Waals surface area contributed by atoms with Crippen LogP contribution in [0.25, 0.3) is 22.6 Å². The molecular formula is C20H23BrN2O. The van der Waals surface area contributed by atoms with Crippen molar-refractivity contribution >= 4 is 32.7 Å². The molecule has 0 bridgehead atoms. The number of aromatic nitrogens is 1. The van der Waals surface area contributed by atoms with Crippen molar-refractivity contribution in [3.8, 4) is 11.5 Å². The van der Waals surface area contributed by atoms with E-state index in [0.29, 0.717) is 11.8 Å². The van der Waals surface area contributed by atoms with Crippen molar-refractivity contribution in [2.24, 2.45) is 0 Å². The second kappa shape index (κ2) is 6.98. The first kappa shape index (κ1) is 17.0. The zero-order valence-electron chi connectivity index (χ0n) is 14.6. The van der Waals surface area contributed by atoms with Gasteiger partial charge in [0.1, 0.15) is 5.52 Å². The molecule has 3 rings (SSSR count). The van der Waals surface area contributed by atoms with E-state index in [1.54, 1.807) is 0 Å². The molecule has 0 amide bonds. The van der Waals surface area contributed by atoms with Crippen LogP contribution >= 0.6 is 15.9 Å². The monoisotopic (exact) mass is 386 g/mol. The predicted molar refractivity (Wildman–Crippen MR) is 105 cm³/mol. The molecule has 0 N–H and O–H groups in total. The highest BCUT2D eigenvalue weighted by atomic mass is 79.9. The number of rotatable bonds is 5. The molecule has 0 atom stereocenters. The molecule has 24 heavy (non-hydrogen) atoms. The number of hydrogen-bond donors (Lipinski definition) is 0. The molecule has 3 aromatic rings. The molecule has 0 fully saturated rings. The van der Waals surface area contributed by atoms with Gasteiger partial charge in [-0.15, -0.1) is 0 Å². The lowest BCUT2D eigenvalue weighted by molar-refractivity contribution is 0.619. The number of benzene rings is 2. The van der Waals surface area contributed by atoms with Gasteiger partial charge in [0, 0.05) is 23.1 Å². The van der Waals surface area contributed by atoms with Crippen molar-refractivity contribution in [3.63, 3.8) is 0 Å². The number of nitrogens with zero attached hydrogens (tertiary/aromatic N) is 2. The Kier molecular flexibility index (Phi) is 4.95. The summed E-state index contributed by atoms with van der Waals surface area (Å²) in [5, 5.41) is 0. The zero-order valence-corrected chi connectivity index (χ0v) is 16.2. The van der Waals surface area contributed by atoms with E-state index >= 15 is 0 Å². The van der Waals surface area contributed by atoms with Gasteiger partial charge in [0.2, 0.25) is 5.89 Å². The minimum atomic E-state index is 0.483. The third kappa shape index (κ3) is 3.20. The smallest absolute Gasteiger partial charge is 0.227 e. The number of fused-ring (bicyclic) bond motifs is 1. The maximum absolute atomic E-state index is 5.95. The van der Waals surface area contributed by atoms with Crippen molar-refractivity contribution in [1.29, 1.82) is 0 Å². The lowest BCUT2D eigenvalue weighted by Crippen LogP contribution is -2.22. The van der Waals surface area contributed by atoms with Crippen molar-refractivity contribution in [3.05, 3.63) is 46.4 Å². The molecule has 0 saturated carbocycles. The van der Waals surface area contributed by atoms with Crippen LogP contribution in [-0.2, 0) is 0 Å². The molecule has 0 radical (unpaired) electrons. The van der Waals surface area contributed by atoms with E-state index in [-0.39, 0.29) is 0 Å². The molecule has 0 aliphatic carbocycles.